The van der Waals surface area contributed by atoms with Gasteiger partial charge in [-0.05, 0) is 6.42 Å². The number of hydrogen-bond donors (Lipinski definition) is 2. The van der Waals surface area contributed by atoms with E-state index in [2.05, 4.69) is 16.8 Å². The van der Waals surface area contributed by atoms with Crippen LogP contribution < -0.4 is 5.32 Å². The van der Waals surface area contributed by atoms with Crippen LogP contribution in [-0.4, -0.2) is 41.1 Å². The minimum absolute atomic E-state index is 0.239. The molecule has 7 heteroatoms. The van der Waals surface area contributed by atoms with Gasteiger partial charge in [0.25, 0.3) is 5.69 Å². The van der Waals surface area contributed by atoms with Crippen molar-refractivity contribution in [3.8, 4) is 5.75 Å². The third-order valence-electron chi connectivity index (χ3n) is 3.63. The first-order valence-electron chi connectivity index (χ1n) is 6.77. The van der Waals surface area contributed by atoms with E-state index in [1.54, 1.807) is 6.08 Å². The third kappa shape index (κ3) is 3.37. The molecule has 1 heterocycles. The van der Waals surface area contributed by atoms with Crippen LogP contribution in [0.2, 0.25) is 0 Å². The lowest BCUT2D eigenvalue weighted by Gasteiger charge is -2.35. The van der Waals surface area contributed by atoms with Gasteiger partial charge in [0.15, 0.2) is 11.6 Å². The molecular weight excluding hydrogens is 277 g/mol. The van der Waals surface area contributed by atoms with Crippen molar-refractivity contribution in [3.63, 3.8) is 0 Å². The number of nitro benzene ring substituents is 1. The summed E-state index contributed by atoms with van der Waals surface area (Å²) in [5.41, 5.74) is -0.118. The molecule has 1 aromatic rings. The van der Waals surface area contributed by atoms with E-state index >= 15 is 0 Å². The highest BCUT2D eigenvalue weighted by Gasteiger charge is 2.27. The zero-order valence-electron chi connectivity index (χ0n) is 11.6. The molecule has 114 valence electrons. The molecule has 1 aliphatic heterocycles. The standard InChI is InChI=1S/C14H18FN3O3/c1-2-3-13(17-6-4-16-5-7-17)11-8-10(18(20)21)9-12(15)14(11)19/h2,8-9,13,16,19H,1,3-7H2/t13-/m0/s1. The summed E-state index contributed by atoms with van der Waals surface area (Å²) in [6, 6.07) is 1.66. The quantitative estimate of drug-likeness (QED) is 0.493. The predicted octanol–water partition coefficient (Wildman–Crippen LogP) is 1.96. The molecule has 1 atom stereocenters. The fraction of sp³-hybridized carbons (Fsp3) is 0.429. The third-order valence-corrected chi connectivity index (χ3v) is 3.63. The van der Waals surface area contributed by atoms with Gasteiger partial charge in [0.1, 0.15) is 0 Å². The van der Waals surface area contributed by atoms with Gasteiger partial charge in [0.05, 0.1) is 11.0 Å². The van der Waals surface area contributed by atoms with Crippen molar-refractivity contribution in [3.05, 3.63) is 46.3 Å². The second kappa shape index (κ2) is 6.64. The Morgan fingerprint density at radius 3 is 2.76 bits per heavy atom. The Labute approximate surface area is 122 Å². The monoisotopic (exact) mass is 295 g/mol. The first kappa shape index (κ1) is 15.4. The normalized spacial score (nSPS) is 17.4. The highest BCUT2D eigenvalue weighted by atomic mass is 19.1. The minimum atomic E-state index is -0.969. The van der Waals surface area contributed by atoms with Gasteiger partial charge in [-0.15, -0.1) is 6.58 Å². The summed E-state index contributed by atoms with van der Waals surface area (Å²) in [5.74, 6) is -1.49. The zero-order valence-corrected chi connectivity index (χ0v) is 11.6. The molecule has 1 saturated heterocycles. The molecule has 6 nitrogen and oxygen atoms in total. The molecule has 0 amide bonds. The number of hydrogen-bond acceptors (Lipinski definition) is 5. The lowest BCUT2D eigenvalue weighted by Crippen LogP contribution is -2.45. The van der Waals surface area contributed by atoms with Crippen molar-refractivity contribution < 1.29 is 14.4 Å². The molecule has 0 radical (unpaired) electrons. The Morgan fingerprint density at radius 1 is 1.52 bits per heavy atom. The molecule has 0 saturated carbocycles. The van der Waals surface area contributed by atoms with Crippen LogP contribution in [0.15, 0.2) is 24.8 Å². The van der Waals surface area contributed by atoms with Crippen molar-refractivity contribution in [2.45, 2.75) is 12.5 Å². The van der Waals surface area contributed by atoms with E-state index in [0.29, 0.717) is 6.42 Å². The van der Waals surface area contributed by atoms with E-state index in [1.807, 2.05) is 0 Å². The van der Waals surface area contributed by atoms with Gasteiger partial charge in [-0.1, -0.05) is 6.08 Å². The van der Waals surface area contributed by atoms with E-state index in [-0.39, 0.29) is 17.3 Å². The van der Waals surface area contributed by atoms with E-state index < -0.39 is 16.5 Å². The van der Waals surface area contributed by atoms with Crippen LogP contribution in [0.25, 0.3) is 0 Å². The number of halogens is 1. The highest BCUT2D eigenvalue weighted by Crippen LogP contribution is 2.36. The van der Waals surface area contributed by atoms with E-state index in [9.17, 15) is 19.6 Å². The average molecular weight is 295 g/mol. The number of benzene rings is 1. The molecule has 2 rings (SSSR count). The largest absolute Gasteiger partial charge is 0.505 e. The Bertz CT molecular complexity index is 545. The van der Waals surface area contributed by atoms with Crippen molar-refractivity contribution in [1.82, 2.24) is 10.2 Å². The number of phenolic OH excluding ortho intramolecular Hbond substituents is 1. The lowest BCUT2D eigenvalue weighted by atomic mass is 9.99. The van der Waals surface area contributed by atoms with Crippen LogP contribution in [0.1, 0.15) is 18.0 Å². The maximum atomic E-state index is 13.8. The Hall–Kier alpha value is -1.99. The van der Waals surface area contributed by atoms with Crippen LogP contribution in [0.3, 0.4) is 0 Å². The van der Waals surface area contributed by atoms with Crippen LogP contribution in [0, 0.1) is 15.9 Å². The van der Waals surface area contributed by atoms with Crippen molar-refractivity contribution in [2.24, 2.45) is 0 Å². The number of piperazine rings is 1. The summed E-state index contributed by atoms with van der Waals surface area (Å²) < 4.78 is 13.8. The van der Waals surface area contributed by atoms with Gasteiger partial charge in [0, 0.05) is 43.9 Å². The minimum Gasteiger partial charge on any atom is -0.505 e. The van der Waals surface area contributed by atoms with E-state index in [4.69, 9.17) is 0 Å². The Kier molecular flexibility index (Phi) is 4.87. The zero-order chi connectivity index (χ0) is 15.4. The van der Waals surface area contributed by atoms with Gasteiger partial charge < -0.3 is 10.4 Å². The molecule has 0 bridgehead atoms. The van der Waals surface area contributed by atoms with Crippen LogP contribution in [0.5, 0.6) is 5.75 Å². The molecule has 1 aromatic carbocycles. The SMILES string of the molecule is C=CC[C@@H](c1cc([N+](=O)[O-])cc(F)c1O)N1CCNCC1. The molecule has 0 spiro atoms. The molecular formula is C14H18FN3O3. The number of nitrogens with one attached hydrogen (secondary N) is 1. The number of nitrogens with zero attached hydrogens (tertiary/aromatic N) is 2. The Morgan fingerprint density at radius 2 is 2.19 bits per heavy atom. The summed E-state index contributed by atoms with van der Waals surface area (Å²) in [7, 11) is 0. The first-order chi connectivity index (χ1) is 10.0. The summed E-state index contributed by atoms with van der Waals surface area (Å²) in [4.78, 5) is 12.3. The second-order valence-corrected chi connectivity index (χ2v) is 4.95. The predicted molar refractivity (Wildman–Crippen MR) is 76.7 cm³/mol. The smallest absolute Gasteiger partial charge is 0.272 e. The van der Waals surface area contributed by atoms with Crippen LogP contribution in [-0.2, 0) is 0 Å². The van der Waals surface area contributed by atoms with Gasteiger partial charge in [-0.3, -0.25) is 15.0 Å². The summed E-state index contributed by atoms with van der Waals surface area (Å²) in [5, 5.41) is 24.1. The molecule has 1 fully saturated rings. The highest BCUT2D eigenvalue weighted by molar-refractivity contribution is 5.46. The van der Waals surface area contributed by atoms with Gasteiger partial charge >= 0.3 is 0 Å². The molecule has 2 N–H and O–H groups in total. The first-order valence-corrected chi connectivity index (χ1v) is 6.77. The molecule has 0 aromatic heterocycles. The Balaban J connectivity index is 2.42. The molecule has 0 unspecified atom stereocenters. The summed E-state index contributed by atoms with van der Waals surface area (Å²) in [6.07, 6.45) is 2.15. The molecule has 21 heavy (non-hydrogen) atoms. The molecule has 1 aliphatic rings. The van der Waals surface area contributed by atoms with Crippen molar-refractivity contribution in [1.29, 1.82) is 0 Å². The maximum Gasteiger partial charge on any atom is 0.272 e. The maximum absolute atomic E-state index is 13.8. The van der Waals surface area contributed by atoms with Crippen LogP contribution >= 0.6 is 0 Å². The molecule has 0 aliphatic carbocycles. The van der Waals surface area contributed by atoms with E-state index in [1.165, 1.54) is 6.07 Å². The second-order valence-electron chi connectivity index (χ2n) is 4.95. The van der Waals surface area contributed by atoms with Gasteiger partial charge in [0.2, 0.25) is 0 Å². The number of nitro groups is 1. The number of rotatable bonds is 5. The van der Waals surface area contributed by atoms with Gasteiger partial charge in [-0.25, -0.2) is 4.39 Å². The number of aromatic hydroxyl groups is 1. The summed E-state index contributed by atoms with van der Waals surface area (Å²) >= 11 is 0. The van der Waals surface area contributed by atoms with Gasteiger partial charge in [-0.2, -0.15) is 0 Å². The number of non-ortho nitro benzene ring substituents is 1. The van der Waals surface area contributed by atoms with E-state index in [0.717, 1.165) is 32.2 Å². The summed E-state index contributed by atoms with van der Waals surface area (Å²) in [6.45, 7) is 6.69. The topological polar surface area (TPSA) is 78.6 Å². The lowest BCUT2D eigenvalue weighted by molar-refractivity contribution is -0.385. The fourth-order valence-corrected chi connectivity index (χ4v) is 2.59. The van der Waals surface area contributed by atoms with Crippen molar-refractivity contribution in [2.75, 3.05) is 26.2 Å². The van der Waals surface area contributed by atoms with Crippen molar-refractivity contribution >= 4 is 5.69 Å². The number of phenols is 1. The van der Waals surface area contributed by atoms with Crippen LogP contribution in [0.4, 0.5) is 10.1 Å². The average Bonchev–Trinajstić information content (AvgIpc) is 2.48. The fourth-order valence-electron chi connectivity index (χ4n) is 2.59.